The number of fused-ring (bicyclic) bond motifs is 1. The van der Waals surface area contributed by atoms with Gasteiger partial charge in [-0.3, -0.25) is 4.72 Å². The number of ether oxygens (including phenoxy) is 1. The minimum Gasteiger partial charge on any atom is -0.491 e. The lowest BCUT2D eigenvalue weighted by Gasteiger charge is -2.10. The van der Waals surface area contributed by atoms with Crippen LogP contribution in [0.2, 0.25) is 0 Å². The van der Waals surface area contributed by atoms with Crippen molar-refractivity contribution in [2.45, 2.75) is 11.5 Å². The van der Waals surface area contributed by atoms with E-state index in [1.807, 2.05) is 4.72 Å². The summed E-state index contributed by atoms with van der Waals surface area (Å²) in [7, 11) is -4.46. The van der Waals surface area contributed by atoms with Crippen LogP contribution in [0.5, 0.6) is 11.6 Å². The number of halogens is 5. The zero-order valence-electron chi connectivity index (χ0n) is 12.8. The average molecular weight is 470 g/mol. The number of sulfonamides is 1. The molecule has 3 aromatic rings. The van der Waals surface area contributed by atoms with Crippen LogP contribution in [0, 0.1) is 11.6 Å². The van der Waals surface area contributed by atoms with Gasteiger partial charge in [0.05, 0.1) is 21.9 Å². The van der Waals surface area contributed by atoms with Gasteiger partial charge in [-0.1, -0.05) is 0 Å². The number of hydrogen-bond donors (Lipinski definition) is 2. The van der Waals surface area contributed by atoms with Crippen molar-refractivity contribution in [3.63, 3.8) is 0 Å². The minimum atomic E-state index is -4.46. The Kier molecular flexibility index (Phi) is 4.90. The van der Waals surface area contributed by atoms with Crippen LogP contribution >= 0.6 is 15.9 Å². The maximum absolute atomic E-state index is 13.9. The summed E-state index contributed by atoms with van der Waals surface area (Å²) in [5.41, 5.74) is -0.864. The maximum atomic E-state index is 13.9. The topological polar surface area (TPSA) is 92.9 Å². The van der Waals surface area contributed by atoms with Gasteiger partial charge in [0.15, 0.2) is 5.75 Å². The summed E-state index contributed by atoms with van der Waals surface area (Å²) in [6, 6.07) is 3.34. The van der Waals surface area contributed by atoms with Crippen molar-refractivity contribution in [3.05, 3.63) is 46.6 Å². The second-order valence-electron chi connectivity index (χ2n) is 5.06. The Labute approximate surface area is 157 Å². The first kappa shape index (κ1) is 19.2. The SMILES string of the molecule is O=S(=O)(Nc1cc(F)c(Br)cc1F)c1cnn2c(O)c(OC(F)F)ccc12. The molecule has 0 aliphatic carbocycles. The van der Waals surface area contributed by atoms with Gasteiger partial charge in [-0.05, 0) is 34.1 Å². The Hall–Kier alpha value is -2.54. The summed E-state index contributed by atoms with van der Waals surface area (Å²) in [5.74, 6) is -3.44. The number of alkyl halides is 2. The first-order chi connectivity index (χ1) is 12.6. The van der Waals surface area contributed by atoms with Gasteiger partial charge in [0.25, 0.3) is 15.9 Å². The lowest BCUT2D eigenvalue weighted by Crippen LogP contribution is -2.14. The van der Waals surface area contributed by atoms with Crippen LogP contribution in [-0.4, -0.2) is 29.7 Å². The largest absolute Gasteiger partial charge is 0.491 e. The molecule has 144 valence electrons. The lowest BCUT2D eigenvalue weighted by molar-refractivity contribution is -0.0517. The normalized spacial score (nSPS) is 11.9. The zero-order valence-corrected chi connectivity index (χ0v) is 15.2. The fourth-order valence-electron chi connectivity index (χ4n) is 2.19. The van der Waals surface area contributed by atoms with Gasteiger partial charge in [0.1, 0.15) is 16.5 Å². The molecule has 0 aliphatic rings. The number of aromatic nitrogens is 2. The molecule has 0 amide bonds. The fraction of sp³-hybridized carbons (Fsp3) is 0.0714. The molecule has 0 fully saturated rings. The Morgan fingerprint density at radius 3 is 2.59 bits per heavy atom. The number of anilines is 1. The highest BCUT2D eigenvalue weighted by molar-refractivity contribution is 9.10. The Morgan fingerprint density at radius 1 is 1.22 bits per heavy atom. The van der Waals surface area contributed by atoms with Crippen molar-refractivity contribution in [1.82, 2.24) is 9.61 Å². The van der Waals surface area contributed by atoms with E-state index in [1.54, 1.807) is 0 Å². The molecule has 2 aromatic heterocycles. The van der Waals surface area contributed by atoms with E-state index >= 15 is 0 Å². The van der Waals surface area contributed by atoms with Crippen molar-refractivity contribution in [2.24, 2.45) is 0 Å². The third-order valence-corrected chi connectivity index (χ3v) is 5.33. The fourth-order valence-corrected chi connectivity index (χ4v) is 3.68. The molecule has 1 aromatic carbocycles. The summed E-state index contributed by atoms with van der Waals surface area (Å²) >= 11 is 2.76. The summed E-state index contributed by atoms with van der Waals surface area (Å²) in [6.07, 6.45) is 0.802. The Balaban J connectivity index is 2.04. The van der Waals surface area contributed by atoms with Crippen LogP contribution < -0.4 is 9.46 Å². The summed E-state index contributed by atoms with van der Waals surface area (Å²) in [4.78, 5) is -0.510. The maximum Gasteiger partial charge on any atom is 0.387 e. The average Bonchev–Trinajstić information content (AvgIpc) is 3.00. The smallest absolute Gasteiger partial charge is 0.387 e. The molecular weight excluding hydrogens is 462 g/mol. The van der Waals surface area contributed by atoms with E-state index in [-0.39, 0.29) is 9.99 Å². The van der Waals surface area contributed by atoms with E-state index in [2.05, 4.69) is 25.8 Å². The summed E-state index contributed by atoms with van der Waals surface area (Å²) < 4.78 is 83.4. The standard InChI is InChI=1S/C14H8BrF4N3O4S/c15-6-3-8(17)9(4-7(6)16)21-27(24,25)12-5-20-22-10(12)1-2-11(13(22)23)26-14(18)19/h1-5,14,21,23H. The zero-order chi connectivity index (χ0) is 19.9. The predicted molar refractivity (Wildman–Crippen MR) is 88.4 cm³/mol. The summed E-state index contributed by atoms with van der Waals surface area (Å²) in [5, 5.41) is 13.5. The van der Waals surface area contributed by atoms with Gasteiger partial charge in [-0.25, -0.2) is 17.2 Å². The highest BCUT2D eigenvalue weighted by Gasteiger charge is 2.24. The van der Waals surface area contributed by atoms with Crippen LogP contribution in [0.3, 0.4) is 0 Å². The van der Waals surface area contributed by atoms with Crippen molar-refractivity contribution < 1.29 is 35.8 Å². The second-order valence-corrected chi connectivity index (χ2v) is 7.56. The highest BCUT2D eigenvalue weighted by atomic mass is 79.9. The molecule has 0 saturated carbocycles. The van der Waals surface area contributed by atoms with Crippen LogP contribution in [0.25, 0.3) is 5.52 Å². The van der Waals surface area contributed by atoms with E-state index < -0.39 is 50.5 Å². The monoisotopic (exact) mass is 469 g/mol. The molecule has 0 bridgehead atoms. The first-order valence-corrected chi connectivity index (χ1v) is 9.19. The van der Waals surface area contributed by atoms with Crippen LogP contribution in [0.1, 0.15) is 0 Å². The molecule has 2 N–H and O–H groups in total. The molecule has 0 spiro atoms. The van der Waals surface area contributed by atoms with Gasteiger partial charge in [-0.15, -0.1) is 0 Å². The molecule has 3 rings (SSSR count). The van der Waals surface area contributed by atoms with Crippen LogP contribution in [0.15, 0.2) is 39.8 Å². The van der Waals surface area contributed by atoms with Crippen molar-refractivity contribution in [3.8, 4) is 11.6 Å². The quantitative estimate of drug-likeness (QED) is 0.440. The summed E-state index contributed by atoms with van der Waals surface area (Å²) in [6.45, 7) is -3.22. The van der Waals surface area contributed by atoms with E-state index in [0.29, 0.717) is 10.6 Å². The number of rotatable bonds is 5. The number of pyridine rings is 1. The number of nitrogens with one attached hydrogen (secondary N) is 1. The van der Waals surface area contributed by atoms with Gasteiger partial charge < -0.3 is 9.84 Å². The van der Waals surface area contributed by atoms with Gasteiger partial charge in [0.2, 0.25) is 0 Å². The molecule has 2 heterocycles. The molecule has 0 saturated heterocycles. The molecular formula is C14H8BrF4N3O4S. The molecule has 0 atom stereocenters. The third-order valence-electron chi connectivity index (χ3n) is 3.34. The van der Waals surface area contributed by atoms with Gasteiger partial charge >= 0.3 is 6.61 Å². The number of hydrogen-bond acceptors (Lipinski definition) is 5. The Bertz CT molecular complexity index is 1140. The van der Waals surface area contributed by atoms with E-state index in [4.69, 9.17) is 0 Å². The van der Waals surface area contributed by atoms with Gasteiger partial charge in [-0.2, -0.15) is 18.4 Å². The van der Waals surface area contributed by atoms with Crippen LogP contribution in [0.4, 0.5) is 23.2 Å². The predicted octanol–water partition coefficient (Wildman–Crippen LogP) is 3.48. The molecule has 27 heavy (non-hydrogen) atoms. The van der Waals surface area contributed by atoms with Crippen molar-refractivity contribution in [1.29, 1.82) is 0 Å². The van der Waals surface area contributed by atoms with Crippen molar-refractivity contribution in [2.75, 3.05) is 4.72 Å². The number of benzene rings is 1. The molecule has 7 nitrogen and oxygen atoms in total. The molecule has 0 unspecified atom stereocenters. The van der Waals surface area contributed by atoms with Gasteiger partial charge in [0, 0.05) is 6.07 Å². The minimum absolute atomic E-state index is 0.199. The first-order valence-electron chi connectivity index (χ1n) is 6.92. The Morgan fingerprint density at radius 2 is 1.93 bits per heavy atom. The molecule has 0 aliphatic heterocycles. The third kappa shape index (κ3) is 3.64. The number of nitrogens with zero attached hydrogens (tertiary/aromatic N) is 2. The molecule has 0 radical (unpaired) electrons. The van der Waals surface area contributed by atoms with E-state index in [1.165, 1.54) is 0 Å². The van der Waals surface area contributed by atoms with Crippen molar-refractivity contribution >= 4 is 37.2 Å². The molecule has 13 heteroatoms. The number of aromatic hydroxyl groups is 1. The second kappa shape index (κ2) is 6.88. The lowest BCUT2D eigenvalue weighted by atomic mass is 10.3. The van der Waals surface area contributed by atoms with E-state index in [9.17, 15) is 31.1 Å². The van der Waals surface area contributed by atoms with Crippen LogP contribution in [-0.2, 0) is 10.0 Å². The highest BCUT2D eigenvalue weighted by Crippen LogP contribution is 2.32. The van der Waals surface area contributed by atoms with E-state index in [0.717, 1.165) is 24.4 Å².